The molecule has 1 N–H and O–H groups in total. The molecule has 1 rings (SSSR count). The zero-order valence-electron chi connectivity index (χ0n) is 13.1. The Kier molecular flexibility index (Phi) is 6.53. The minimum atomic E-state index is 0.308. The van der Waals surface area contributed by atoms with Crippen LogP contribution in [0.3, 0.4) is 0 Å². The summed E-state index contributed by atoms with van der Waals surface area (Å²) in [5.74, 6) is 0.630. The fourth-order valence-corrected chi connectivity index (χ4v) is 2.24. The van der Waals surface area contributed by atoms with Gasteiger partial charge in [0, 0.05) is 13.7 Å². The van der Waals surface area contributed by atoms with Crippen molar-refractivity contribution in [1.82, 2.24) is 5.32 Å². The van der Waals surface area contributed by atoms with Gasteiger partial charge in [-0.2, -0.15) is 0 Å². The smallest absolute Gasteiger partial charge is 0.0587 e. The molecule has 2 nitrogen and oxygen atoms in total. The number of hydrogen-bond acceptors (Lipinski definition) is 2. The van der Waals surface area contributed by atoms with Crippen molar-refractivity contribution in [2.75, 3.05) is 26.8 Å². The van der Waals surface area contributed by atoms with Crippen molar-refractivity contribution in [2.45, 2.75) is 34.1 Å². The number of nitrogens with one attached hydrogen (secondary N) is 1. The highest BCUT2D eigenvalue weighted by Gasteiger charge is 2.24. The van der Waals surface area contributed by atoms with Gasteiger partial charge in [0.05, 0.1) is 6.61 Å². The molecule has 1 aromatic rings. The number of aryl methyl sites for hydroxylation is 1. The predicted octanol–water partition coefficient (Wildman–Crippen LogP) is 3.44. The molecular weight excluding hydrogens is 234 g/mol. The topological polar surface area (TPSA) is 21.3 Å². The first kappa shape index (κ1) is 16.2. The molecule has 0 aliphatic carbocycles. The Balaban J connectivity index is 2.63. The Morgan fingerprint density at radius 1 is 1.21 bits per heavy atom. The molecule has 0 aromatic heterocycles. The highest BCUT2D eigenvalue weighted by Crippen LogP contribution is 2.29. The number of ether oxygens (including phenoxy) is 1. The number of rotatable bonds is 7. The molecule has 1 atom stereocenters. The number of benzene rings is 1. The van der Waals surface area contributed by atoms with Crippen molar-refractivity contribution >= 4 is 0 Å². The molecule has 0 saturated carbocycles. The lowest BCUT2D eigenvalue weighted by atomic mass is 9.76. The number of hydrogen-bond donors (Lipinski definition) is 1. The fourth-order valence-electron chi connectivity index (χ4n) is 2.24. The summed E-state index contributed by atoms with van der Waals surface area (Å²) in [6.07, 6.45) is 1.14. The molecule has 0 saturated heterocycles. The van der Waals surface area contributed by atoms with Gasteiger partial charge in [0.2, 0.25) is 0 Å². The second kappa shape index (κ2) is 7.66. The van der Waals surface area contributed by atoms with Crippen LogP contribution in [0.15, 0.2) is 24.3 Å². The van der Waals surface area contributed by atoms with Gasteiger partial charge in [-0.25, -0.2) is 0 Å². The summed E-state index contributed by atoms with van der Waals surface area (Å²) in [4.78, 5) is 0. The zero-order chi connectivity index (χ0) is 14.3. The third-order valence-electron chi connectivity index (χ3n) is 3.83. The maximum absolute atomic E-state index is 5.08. The van der Waals surface area contributed by atoms with E-state index in [1.165, 1.54) is 11.1 Å². The lowest BCUT2D eigenvalue weighted by molar-refractivity contribution is 0.186. The highest BCUT2D eigenvalue weighted by atomic mass is 16.5. The van der Waals surface area contributed by atoms with Gasteiger partial charge in [0.25, 0.3) is 0 Å². The molecule has 19 heavy (non-hydrogen) atoms. The Morgan fingerprint density at radius 2 is 1.89 bits per heavy atom. The van der Waals surface area contributed by atoms with Crippen LogP contribution in [0.2, 0.25) is 0 Å². The van der Waals surface area contributed by atoms with Gasteiger partial charge in [-0.15, -0.1) is 0 Å². The van der Waals surface area contributed by atoms with Crippen molar-refractivity contribution < 1.29 is 4.74 Å². The van der Waals surface area contributed by atoms with Crippen LogP contribution in [0.5, 0.6) is 0 Å². The summed E-state index contributed by atoms with van der Waals surface area (Å²) in [6, 6.07) is 8.71. The highest BCUT2D eigenvalue weighted by molar-refractivity contribution is 5.26. The average molecular weight is 263 g/mol. The summed E-state index contributed by atoms with van der Waals surface area (Å²) in [5.41, 5.74) is 3.17. The number of methoxy groups -OCH3 is 1. The van der Waals surface area contributed by atoms with E-state index in [0.717, 1.165) is 26.1 Å². The standard InChI is InChI=1S/C17H29NO/c1-14-8-6-7-9-15(14)12-16(17(2,3)4)13-18-10-11-19-5/h6-9,16,18H,10-13H2,1-5H3. The fraction of sp³-hybridized carbons (Fsp3) is 0.647. The Hall–Kier alpha value is -0.860. The first-order chi connectivity index (χ1) is 8.95. The predicted molar refractivity (Wildman–Crippen MR) is 82.6 cm³/mol. The van der Waals surface area contributed by atoms with E-state index in [2.05, 4.69) is 57.3 Å². The molecule has 0 heterocycles. The largest absolute Gasteiger partial charge is 0.383 e. The molecule has 0 amide bonds. The second-order valence-electron chi connectivity index (χ2n) is 6.39. The van der Waals surface area contributed by atoms with Crippen molar-refractivity contribution in [3.8, 4) is 0 Å². The van der Waals surface area contributed by atoms with E-state index in [-0.39, 0.29) is 0 Å². The second-order valence-corrected chi connectivity index (χ2v) is 6.39. The van der Waals surface area contributed by atoms with Crippen LogP contribution in [-0.2, 0) is 11.2 Å². The van der Waals surface area contributed by atoms with Crippen molar-refractivity contribution in [2.24, 2.45) is 11.3 Å². The van der Waals surface area contributed by atoms with Crippen LogP contribution in [-0.4, -0.2) is 26.8 Å². The molecule has 0 bridgehead atoms. The summed E-state index contributed by atoms with van der Waals surface area (Å²) >= 11 is 0. The Bertz CT molecular complexity index is 368. The van der Waals surface area contributed by atoms with E-state index in [1.807, 2.05) is 0 Å². The molecule has 0 aliphatic rings. The molecule has 0 fully saturated rings. The van der Waals surface area contributed by atoms with Crippen LogP contribution in [0.25, 0.3) is 0 Å². The quantitative estimate of drug-likeness (QED) is 0.761. The van der Waals surface area contributed by atoms with Crippen LogP contribution in [0.1, 0.15) is 31.9 Å². The van der Waals surface area contributed by atoms with Gasteiger partial charge in [-0.1, -0.05) is 45.0 Å². The van der Waals surface area contributed by atoms with E-state index in [9.17, 15) is 0 Å². The van der Waals surface area contributed by atoms with E-state index in [0.29, 0.717) is 11.3 Å². The summed E-state index contributed by atoms with van der Waals surface area (Å²) in [6.45, 7) is 11.9. The van der Waals surface area contributed by atoms with E-state index < -0.39 is 0 Å². The molecule has 0 aliphatic heterocycles. The van der Waals surface area contributed by atoms with Crippen LogP contribution < -0.4 is 5.32 Å². The SMILES string of the molecule is COCCNCC(Cc1ccccc1C)C(C)(C)C. The molecule has 1 aromatic carbocycles. The average Bonchev–Trinajstić information content (AvgIpc) is 2.34. The minimum absolute atomic E-state index is 0.308. The van der Waals surface area contributed by atoms with Gasteiger partial charge in [-0.05, 0) is 42.3 Å². The van der Waals surface area contributed by atoms with Crippen LogP contribution in [0, 0.1) is 18.3 Å². The zero-order valence-corrected chi connectivity index (χ0v) is 13.1. The monoisotopic (exact) mass is 263 g/mol. The third-order valence-corrected chi connectivity index (χ3v) is 3.83. The third kappa shape index (κ3) is 5.75. The van der Waals surface area contributed by atoms with Crippen molar-refractivity contribution in [1.29, 1.82) is 0 Å². The minimum Gasteiger partial charge on any atom is -0.383 e. The lowest BCUT2D eigenvalue weighted by Crippen LogP contribution is -2.35. The van der Waals surface area contributed by atoms with Crippen molar-refractivity contribution in [3.63, 3.8) is 0 Å². The molecule has 0 radical (unpaired) electrons. The van der Waals surface area contributed by atoms with Crippen LogP contribution >= 0.6 is 0 Å². The molecule has 1 unspecified atom stereocenters. The summed E-state index contributed by atoms with van der Waals surface area (Å²) in [7, 11) is 1.75. The molecule has 0 spiro atoms. The van der Waals surface area contributed by atoms with E-state index >= 15 is 0 Å². The van der Waals surface area contributed by atoms with Crippen LogP contribution in [0.4, 0.5) is 0 Å². The maximum atomic E-state index is 5.08. The van der Waals surface area contributed by atoms with Gasteiger partial charge in [-0.3, -0.25) is 0 Å². The molecule has 2 heteroatoms. The Morgan fingerprint density at radius 3 is 2.47 bits per heavy atom. The lowest BCUT2D eigenvalue weighted by Gasteiger charge is -2.31. The van der Waals surface area contributed by atoms with E-state index in [4.69, 9.17) is 4.74 Å². The maximum Gasteiger partial charge on any atom is 0.0587 e. The van der Waals surface area contributed by atoms with Gasteiger partial charge >= 0.3 is 0 Å². The Labute approximate surface area is 118 Å². The van der Waals surface area contributed by atoms with Gasteiger partial charge in [0.1, 0.15) is 0 Å². The first-order valence-corrected chi connectivity index (χ1v) is 7.19. The van der Waals surface area contributed by atoms with Gasteiger partial charge in [0.15, 0.2) is 0 Å². The molecular formula is C17H29NO. The first-order valence-electron chi connectivity index (χ1n) is 7.19. The normalized spacial score (nSPS) is 13.5. The summed E-state index contributed by atoms with van der Waals surface area (Å²) < 4.78 is 5.08. The summed E-state index contributed by atoms with van der Waals surface area (Å²) in [5, 5.41) is 3.51. The van der Waals surface area contributed by atoms with Gasteiger partial charge < -0.3 is 10.1 Å². The van der Waals surface area contributed by atoms with E-state index in [1.54, 1.807) is 7.11 Å². The molecule has 108 valence electrons. The van der Waals surface area contributed by atoms with Crippen molar-refractivity contribution in [3.05, 3.63) is 35.4 Å².